The van der Waals surface area contributed by atoms with E-state index in [4.69, 9.17) is 5.26 Å². The van der Waals surface area contributed by atoms with Crippen molar-refractivity contribution in [3.63, 3.8) is 0 Å². The molecule has 1 aromatic rings. The fraction of sp³-hybridized carbons (Fsp3) is 0.611. The monoisotopic (exact) mass is 272 g/mol. The van der Waals surface area contributed by atoms with Crippen LogP contribution in [-0.4, -0.2) is 18.0 Å². The minimum absolute atomic E-state index is 0.0786. The van der Waals surface area contributed by atoms with E-state index >= 15 is 0 Å². The van der Waals surface area contributed by atoms with E-state index in [1.165, 1.54) is 5.56 Å². The van der Waals surface area contributed by atoms with Crippen LogP contribution in [0.4, 0.5) is 0 Å². The Balaban J connectivity index is 3.11. The molecule has 0 aliphatic carbocycles. The molecular weight excluding hydrogens is 244 g/mol. The summed E-state index contributed by atoms with van der Waals surface area (Å²) in [6.07, 6.45) is 2.67. The molecule has 2 nitrogen and oxygen atoms in total. The third-order valence-corrected chi connectivity index (χ3v) is 4.43. The van der Waals surface area contributed by atoms with Gasteiger partial charge in [0.1, 0.15) is 0 Å². The Labute approximate surface area is 124 Å². The van der Waals surface area contributed by atoms with Crippen LogP contribution in [0, 0.1) is 16.7 Å². The normalized spacial score (nSPS) is 14.8. The van der Waals surface area contributed by atoms with E-state index in [2.05, 4.69) is 76.0 Å². The lowest BCUT2D eigenvalue weighted by atomic mass is 9.76. The lowest BCUT2D eigenvalue weighted by Crippen LogP contribution is -2.40. The summed E-state index contributed by atoms with van der Waals surface area (Å²) >= 11 is 0. The van der Waals surface area contributed by atoms with Crippen molar-refractivity contribution in [1.82, 2.24) is 4.90 Å². The van der Waals surface area contributed by atoms with Crippen molar-refractivity contribution in [2.45, 2.75) is 59.0 Å². The first-order valence-electron chi connectivity index (χ1n) is 7.58. The molecule has 0 aliphatic rings. The maximum atomic E-state index is 8.91. The van der Waals surface area contributed by atoms with Crippen LogP contribution in [0.15, 0.2) is 30.3 Å². The van der Waals surface area contributed by atoms with Crippen LogP contribution in [0.1, 0.15) is 58.6 Å². The molecule has 2 atom stereocenters. The highest BCUT2D eigenvalue weighted by Gasteiger charge is 2.34. The highest BCUT2D eigenvalue weighted by molar-refractivity contribution is 5.21. The molecule has 2 heteroatoms. The van der Waals surface area contributed by atoms with Crippen molar-refractivity contribution in [3.8, 4) is 6.07 Å². The standard InChI is InChI=1S/C18H28N2/c1-6-15(2)20(5)17(16-11-8-7-9-12-16)18(3,4)13-10-14-19/h7-9,11-12,15,17H,6,10,13H2,1-5H3. The Morgan fingerprint density at radius 3 is 2.35 bits per heavy atom. The number of hydrogen-bond donors (Lipinski definition) is 0. The molecule has 0 radical (unpaired) electrons. The number of nitriles is 1. The second-order valence-corrected chi connectivity index (χ2v) is 6.38. The first kappa shape index (κ1) is 16.7. The Hall–Kier alpha value is -1.33. The molecule has 1 aromatic carbocycles. The van der Waals surface area contributed by atoms with Gasteiger partial charge in [-0.25, -0.2) is 0 Å². The van der Waals surface area contributed by atoms with E-state index in [-0.39, 0.29) is 5.41 Å². The quantitative estimate of drug-likeness (QED) is 0.713. The van der Waals surface area contributed by atoms with Crippen LogP contribution in [0.5, 0.6) is 0 Å². The maximum Gasteiger partial charge on any atom is 0.0621 e. The summed E-state index contributed by atoms with van der Waals surface area (Å²) in [5.74, 6) is 0. The predicted octanol–water partition coefficient (Wildman–Crippen LogP) is 4.79. The van der Waals surface area contributed by atoms with Crippen LogP contribution in [0.3, 0.4) is 0 Å². The minimum atomic E-state index is 0.0786. The van der Waals surface area contributed by atoms with Crippen LogP contribution in [0.25, 0.3) is 0 Å². The summed E-state index contributed by atoms with van der Waals surface area (Å²) in [6, 6.07) is 13.8. The van der Waals surface area contributed by atoms with Gasteiger partial charge in [0, 0.05) is 18.5 Å². The second kappa shape index (κ2) is 7.45. The topological polar surface area (TPSA) is 27.0 Å². The second-order valence-electron chi connectivity index (χ2n) is 6.38. The Bertz CT molecular complexity index is 430. The molecule has 0 spiro atoms. The third-order valence-electron chi connectivity index (χ3n) is 4.43. The highest BCUT2D eigenvalue weighted by atomic mass is 15.2. The Kier molecular flexibility index (Phi) is 6.23. The Morgan fingerprint density at radius 1 is 1.25 bits per heavy atom. The Morgan fingerprint density at radius 2 is 1.85 bits per heavy atom. The lowest BCUT2D eigenvalue weighted by Gasteiger charge is -2.43. The number of nitrogens with zero attached hydrogens (tertiary/aromatic N) is 2. The van der Waals surface area contributed by atoms with Crippen LogP contribution in [-0.2, 0) is 0 Å². The van der Waals surface area contributed by atoms with Crippen molar-refractivity contribution in [3.05, 3.63) is 35.9 Å². The molecule has 1 rings (SSSR count). The van der Waals surface area contributed by atoms with Crippen molar-refractivity contribution in [2.24, 2.45) is 5.41 Å². The summed E-state index contributed by atoms with van der Waals surface area (Å²) in [4.78, 5) is 2.46. The molecule has 0 amide bonds. The van der Waals surface area contributed by atoms with Gasteiger partial charge < -0.3 is 0 Å². The molecule has 0 fully saturated rings. The minimum Gasteiger partial charge on any atom is -0.296 e. The molecule has 0 saturated carbocycles. The molecule has 0 N–H and O–H groups in total. The van der Waals surface area contributed by atoms with Gasteiger partial charge >= 0.3 is 0 Å². The molecule has 2 unspecified atom stereocenters. The van der Waals surface area contributed by atoms with Gasteiger partial charge in [0.15, 0.2) is 0 Å². The number of rotatable bonds is 7. The zero-order valence-corrected chi connectivity index (χ0v) is 13.6. The zero-order valence-electron chi connectivity index (χ0n) is 13.6. The molecule has 0 bridgehead atoms. The van der Waals surface area contributed by atoms with Gasteiger partial charge in [-0.15, -0.1) is 0 Å². The van der Waals surface area contributed by atoms with E-state index in [1.54, 1.807) is 0 Å². The molecule has 110 valence electrons. The van der Waals surface area contributed by atoms with Gasteiger partial charge in [-0.05, 0) is 37.8 Å². The molecule has 0 aromatic heterocycles. The fourth-order valence-electron chi connectivity index (χ4n) is 2.93. The van der Waals surface area contributed by atoms with E-state index in [0.29, 0.717) is 18.5 Å². The van der Waals surface area contributed by atoms with Crippen LogP contribution >= 0.6 is 0 Å². The zero-order chi connectivity index (χ0) is 15.2. The maximum absolute atomic E-state index is 8.91. The van der Waals surface area contributed by atoms with Gasteiger partial charge in [0.05, 0.1) is 6.07 Å². The van der Waals surface area contributed by atoms with E-state index in [0.717, 1.165) is 12.8 Å². The fourth-order valence-corrected chi connectivity index (χ4v) is 2.93. The van der Waals surface area contributed by atoms with Gasteiger partial charge in [-0.2, -0.15) is 5.26 Å². The summed E-state index contributed by atoms with van der Waals surface area (Å²) in [5, 5.41) is 8.91. The first-order valence-corrected chi connectivity index (χ1v) is 7.58. The molecule has 20 heavy (non-hydrogen) atoms. The lowest BCUT2D eigenvalue weighted by molar-refractivity contribution is 0.0716. The van der Waals surface area contributed by atoms with Crippen molar-refractivity contribution in [2.75, 3.05) is 7.05 Å². The average Bonchev–Trinajstić information content (AvgIpc) is 2.45. The van der Waals surface area contributed by atoms with E-state index < -0.39 is 0 Å². The average molecular weight is 272 g/mol. The van der Waals surface area contributed by atoms with Gasteiger partial charge in [-0.3, -0.25) is 4.90 Å². The smallest absolute Gasteiger partial charge is 0.0621 e. The first-order chi connectivity index (χ1) is 9.44. The highest BCUT2D eigenvalue weighted by Crippen LogP contribution is 2.42. The van der Waals surface area contributed by atoms with E-state index in [1.807, 2.05) is 0 Å². The van der Waals surface area contributed by atoms with Crippen molar-refractivity contribution >= 4 is 0 Å². The van der Waals surface area contributed by atoms with Crippen LogP contribution < -0.4 is 0 Å². The van der Waals surface area contributed by atoms with Crippen molar-refractivity contribution < 1.29 is 0 Å². The summed E-state index contributed by atoms with van der Waals surface area (Å²) < 4.78 is 0. The van der Waals surface area contributed by atoms with Gasteiger partial charge in [0.2, 0.25) is 0 Å². The summed E-state index contributed by atoms with van der Waals surface area (Å²) in [7, 11) is 2.21. The van der Waals surface area contributed by atoms with Gasteiger partial charge in [0.25, 0.3) is 0 Å². The van der Waals surface area contributed by atoms with Crippen molar-refractivity contribution in [1.29, 1.82) is 5.26 Å². The molecular formula is C18H28N2. The summed E-state index contributed by atoms with van der Waals surface area (Å²) in [5.41, 5.74) is 1.42. The summed E-state index contributed by atoms with van der Waals surface area (Å²) in [6.45, 7) is 9.06. The predicted molar refractivity (Wildman–Crippen MR) is 85.3 cm³/mol. The molecule has 0 aliphatic heterocycles. The van der Waals surface area contributed by atoms with Gasteiger partial charge in [-0.1, -0.05) is 51.1 Å². The SMILES string of the molecule is CCC(C)N(C)C(c1ccccc1)C(C)(C)CCC#N. The van der Waals surface area contributed by atoms with E-state index in [9.17, 15) is 0 Å². The largest absolute Gasteiger partial charge is 0.296 e. The number of hydrogen-bond acceptors (Lipinski definition) is 2. The number of benzene rings is 1. The third kappa shape index (κ3) is 4.08. The molecule has 0 heterocycles. The molecule has 0 saturated heterocycles. The van der Waals surface area contributed by atoms with Crippen LogP contribution in [0.2, 0.25) is 0 Å².